The Morgan fingerprint density at radius 3 is 2.44 bits per heavy atom. The molecule has 1 heteroatoms. The van der Waals surface area contributed by atoms with Crippen LogP contribution in [0.3, 0.4) is 0 Å². The first-order valence-electron chi connectivity index (χ1n) is 3.99. The zero-order valence-corrected chi connectivity index (χ0v) is 5.91. The van der Waals surface area contributed by atoms with Crippen LogP contribution in [0.25, 0.3) is 0 Å². The lowest BCUT2D eigenvalue weighted by Crippen LogP contribution is -1.92. The van der Waals surface area contributed by atoms with Crippen LogP contribution in [0, 0.1) is 5.92 Å². The van der Waals surface area contributed by atoms with Gasteiger partial charge in [0.05, 0.1) is 6.67 Å². The lowest BCUT2D eigenvalue weighted by Gasteiger charge is -2.04. The fourth-order valence-electron chi connectivity index (χ4n) is 1.66. The van der Waals surface area contributed by atoms with Gasteiger partial charge in [-0.1, -0.05) is 25.7 Å². The second kappa shape index (κ2) is 3.86. The first-order valence-corrected chi connectivity index (χ1v) is 3.99. The Kier molecular flexibility index (Phi) is 3.02. The number of halogens is 1. The molecule has 0 radical (unpaired) electrons. The summed E-state index contributed by atoms with van der Waals surface area (Å²) >= 11 is 0. The molecule has 0 saturated heterocycles. The summed E-state index contributed by atoms with van der Waals surface area (Å²) in [6, 6.07) is 0. The average molecular weight is 130 g/mol. The van der Waals surface area contributed by atoms with E-state index in [9.17, 15) is 4.39 Å². The highest BCUT2D eigenvalue weighted by Gasteiger charge is 2.13. The molecule has 1 rings (SSSR count). The predicted octanol–water partition coefficient (Wildman–Crippen LogP) is 2.93. The van der Waals surface area contributed by atoms with Crippen LogP contribution in [-0.4, -0.2) is 6.67 Å². The molecule has 1 fully saturated rings. The summed E-state index contributed by atoms with van der Waals surface area (Å²) in [6.45, 7) is -0.115. The smallest absolute Gasteiger partial charge is 0.0894 e. The molecule has 0 N–H and O–H groups in total. The third-order valence-electron chi connectivity index (χ3n) is 2.22. The largest absolute Gasteiger partial charge is 0.251 e. The third kappa shape index (κ3) is 2.33. The Morgan fingerprint density at radius 1 is 1.22 bits per heavy atom. The standard InChI is InChI=1S/C8H15F/c9-7-3-6-8-4-1-2-5-8/h8H,1-7H2. The van der Waals surface area contributed by atoms with Crippen molar-refractivity contribution in [3.05, 3.63) is 0 Å². The van der Waals surface area contributed by atoms with E-state index in [1.54, 1.807) is 0 Å². The highest BCUT2D eigenvalue weighted by molar-refractivity contribution is 4.66. The number of rotatable bonds is 3. The minimum absolute atomic E-state index is 0.115. The van der Waals surface area contributed by atoms with Gasteiger partial charge in [-0.3, -0.25) is 4.39 Å². The van der Waals surface area contributed by atoms with E-state index >= 15 is 0 Å². The van der Waals surface area contributed by atoms with Crippen LogP contribution in [0.2, 0.25) is 0 Å². The lowest BCUT2D eigenvalue weighted by atomic mass is 10.0. The summed E-state index contributed by atoms with van der Waals surface area (Å²) in [4.78, 5) is 0. The molecule has 9 heavy (non-hydrogen) atoms. The van der Waals surface area contributed by atoms with Gasteiger partial charge >= 0.3 is 0 Å². The molecule has 1 aliphatic carbocycles. The van der Waals surface area contributed by atoms with Crippen LogP contribution in [0.4, 0.5) is 4.39 Å². The topological polar surface area (TPSA) is 0 Å². The van der Waals surface area contributed by atoms with Crippen LogP contribution < -0.4 is 0 Å². The van der Waals surface area contributed by atoms with Crippen LogP contribution in [-0.2, 0) is 0 Å². The number of alkyl halides is 1. The highest BCUT2D eigenvalue weighted by Crippen LogP contribution is 2.28. The fourth-order valence-corrected chi connectivity index (χ4v) is 1.66. The van der Waals surface area contributed by atoms with Crippen LogP contribution in [0.5, 0.6) is 0 Å². The zero-order chi connectivity index (χ0) is 6.53. The summed E-state index contributed by atoms with van der Waals surface area (Å²) in [6.07, 6.45) is 7.43. The molecule has 0 unspecified atom stereocenters. The predicted molar refractivity (Wildman–Crippen MR) is 37.2 cm³/mol. The van der Waals surface area contributed by atoms with Crippen molar-refractivity contribution < 1.29 is 4.39 Å². The lowest BCUT2D eigenvalue weighted by molar-refractivity contribution is 0.407. The molecule has 0 nitrogen and oxygen atoms in total. The van der Waals surface area contributed by atoms with Crippen molar-refractivity contribution in [1.82, 2.24) is 0 Å². The van der Waals surface area contributed by atoms with E-state index in [1.807, 2.05) is 0 Å². The molecule has 0 atom stereocenters. The van der Waals surface area contributed by atoms with Gasteiger partial charge in [0, 0.05) is 0 Å². The van der Waals surface area contributed by atoms with Crippen LogP contribution >= 0.6 is 0 Å². The molecule has 0 aromatic carbocycles. The number of hydrogen-bond donors (Lipinski definition) is 0. The van der Waals surface area contributed by atoms with Crippen molar-refractivity contribution in [2.75, 3.05) is 6.67 Å². The van der Waals surface area contributed by atoms with E-state index in [0.717, 1.165) is 18.8 Å². The Morgan fingerprint density at radius 2 is 1.89 bits per heavy atom. The first-order chi connectivity index (χ1) is 4.43. The van der Waals surface area contributed by atoms with E-state index in [0.29, 0.717) is 0 Å². The van der Waals surface area contributed by atoms with E-state index < -0.39 is 0 Å². The second-order valence-electron chi connectivity index (χ2n) is 2.98. The SMILES string of the molecule is FCCCC1CCCC1. The van der Waals surface area contributed by atoms with Gasteiger partial charge in [-0.15, -0.1) is 0 Å². The van der Waals surface area contributed by atoms with Gasteiger partial charge in [-0.2, -0.15) is 0 Å². The summed E-state index contributed by atoms with van der Waals surface area (Å²) in [5.41, 5.74) is 0. The Labute approximate surface area is 56.5 Å². The monoisotopic (exact) mass is 130 g/mol. The molecule has 1 saturated carbocycles. The van der Waals surface area contributed by atoms with E-state index in [1.165, 1.54) is 25.7 Å². The van der Waals surface area contributed by atoms with Gasteiger partial charge in [-0.05, 0) is 18.8 Å². The van der Waals surface area contributed by atoms with Crippen molar-refractivity contribution in [2.24, 2.45) is 5.92 Å². The molecule has 0 amide bonds. The summed E-state index contributed by atoms with van der Waals surface area (Å²) in [5, 5.41) is 0. The van der Waals surface area contributed by atoms with Crippen molar-refractivity contribution in [3.63, 3.8) is 0 Å². The van der Waals surface area contributed by atoms with Gasteiger partial charge in [0.15, 0.2) is 0 Å². The van der Waals surface area contributed by atoms with Gasteiger partial charge in [0.2, 0.25) is 0 Å². The molecule has 0 spiro atoms. The maximum absolute atomic E-state index is 11.6. The maximum Gasteiger partial charge on any atom is 0.0894 e. The van der Waals surface area contributed by atoms with E-state index in [4.69, 9.17) is 0 Å². The van der Waals surface area contributed by atoms with Crippen molar-refractivity contribution in [2.45, 2.75) is 38.5 Å². The minimum atomic E-state index is -0.115. The molecular formula is C8H15F. The molecule has 0 aromatic heterocycles. The van der Waals surface area contributed by atoms with Gasteiger partial charge < -0.3 is 0 Å². The quantitative estimate of drug-likeness (QED) is 0.551. The van der Waals surface area contributed by atoms with E-state index in [-0.39, 0.29) is 6.67 Å². The highest BCUT2D eigenvalue weighted by atomic mass is 19.1. The third-order valence-corrected chi connectivity index (χ3v) is 2.22. The molecule has 1 aliphatic rings. The zero-order valence-electron chi connectivity index (χ0n) is 5.91. The second-order valence-corrected chi connectivity index (χ2v) is 2.98. The molecule has 0 bridgehead atoms. The van der Waals surface area contributed by atoms with E-state index in [2.05, 4.69) is 0 Å². The van der Waals surface area contributed by atoms with Crippen molar-refractivity contribution in [1.29, 1.82) is 0 Å². The molecular weight excluding hydrogens is 115 g/mol. The molecule has 54 valence electrons. The molecule has 0 heterocycles. The first kappa shape index (κ1) is 7.04. The molecule has 0 aliphatic heterocycles. The van der Waals surface area contributed by atoms with Gasteiger partial charge in [0.25, 0.3) is 0 Å². The van der Waals surface area contributed by atoms with Crippen LogP contribution in [0.15, 0.2) is 0 Å². The fraction of sp³-hybridized carbons (Fsp3) is 1.00. The summed E-state index contributed by atoms with van der Waals surface area (Å²) in [7, 11) is 0. The summed E-state index contributed by atoms with van der Waals surface area (Å²) < 4.78 is 11.6. The average Bonchev–Trinajstić information content (AvgIpc) is 2.34. The summed E-state index contributed by atoms with van der Waals surface area (Å²) in [5.74, 6) is 0.876. The van der Waals surface area contributed by atoms with Crippen molar-refractivity contribution in [3.8, 4) is 0 Å². The maximum atomic E-state index is 11.6. The number of hydrogen-bond acceptors (Lipinski definition) is 0. The Bertz CT molecular complexity index is 65.0. The molecule has 0 aromatic rings. The van der Waals surface area contributed by atoms with Gasteiger partial charge in [0.1, 0.15) is 0 Å². The normalized spacial score (nSPS) is 21.0. The van der Waals surface area contributed by atoms with Gasteiger partial charge in [-0.25, -0.2) is 0 Å². The Hall–Kier alpha value is -0.0700. The van der Waals surface area contributed by atoms with Crippen molar-refractivity contribution >= 4 is 0 Å². The minimum Gasteiger partial charge on any atom is -0.251 e. The van der Waals surface area contributed by atoms with Crippen LogP contribution in [0.1, 0.15) is 38.5 Å². The Balaban J connectivity index is 1.98.